The summed E-state index contributed by atoms with van der Waals surface area (Å²) in [6.45, 7) is 4.03. The molecule has 1 saturated heterocycles. The lowest BCUT2D eigenvalue weighted by molar-refractivity contribution is -0.130. The van der Waals surface area contributed by atoms with E-state index in [1.165, 1.54) is 0 Å². The Balaban J connectivity index is 1.59. The molecule has 0 unspecified atom stereocenters. The minimum atomic E-state index is -0.260. The number of carbonyl (C=O) groups is 1. The van der Waals surface area contributed by atoms with Crippen molar-refractivity contribution in [2.75, 3.05) is 13.1 Å². The van der Waals surface area contributed by atoms with Crippen molar-refractivity contribution in [1.29, 1.82) is 0 Å². The number of aryl methyl sites for hydroxylation is 2. The molecule has 1 fully saturated rings. The zero-order valence-electron chi connectivity index (χ0n) is 17.2. The van der Waals surface area contributed by atoms with E-state index < -0.39 is 0 Å². The molecule has 3 aromatic rings. The molecule has 0 saturated carbocycles. The average Bonchev–Trinajstić information content (AvgIpc) is 3.40. The van der Waals surface area contributed by atoms with Crippen LogP contribution in [-0.2, 0) is 17.8 Å². The smallest absolute Gasteiger partial charge is 0.222 e. The van der Waals surface area contributed by atoms with Crippen LogP contribution in [0.25, 0.3) is 16.9 Å². The van der Waals surface area contributed by atoms with Gasteiger partial charge in [0.05, 0.1) is 11.4 Å². The van der Waals surface area contributed by atoms with Gasteiger partial charge in [-0.15, -0.1) is 0 Å². The lowest BCUT2D eigenvalue weighted by atomic mass is 10.0. The van der Waals surface area contributed by atoms with Crippen LogP contribution in [0.3, 0.4) is 0 Å². The van der Waals surface area contributed by atoms with Crippen LogP contribution < -0.4 is 4.74 Å². The Morgan fingerprint density at radius 3 is 2.70 bits per heavy atom. The molecule has 154 valence electrons. The summed E-state index contributed by atoms with van der Waals surface area (Å²) in [5.41, 5.74) is 5.28. The largest absolute Gasteiger partial charge is 0.488 e. The monoisotopic (exact) mass is 404 g/mol. The van der Waals surface area contributed by atoms with Crippen molar-refractivity contribution in [2.24, 2.45) is 0 Å². The molecule has 2 aromatic carbocycles. The molecule has 30 heavy (non-hydrogen) atoms. The van der Waals surface area contributed by atoms with Crippen LogP contribution in [-0.4, -0.2) is 28.5 Å². The zero-order chi connectivity index (χ0) is 20.7. The number of ether oxygens (including phenoxy) is 1. The lowest BCUT2D eigenvalue weighted by Crippen LogP contribution is -2.27. The van der Waals surface area contributed by atoms with Crippen molar-refractivity contribution in [2.45, 2.75) is 39.2 Å². The Morgan fingerprint density at radius 1 is 1.10 bits per heavy atom. The number of fused-ring (bicyclic) bond motifs is 3. The van der Waals surface area contributed by atoms with Crippen LogP contribution in [0.4, 0.5) is 4.39 Å². The number of aromatic nitrogens is 1. The predicted molar refractivity (Wildman–Crippen MR) is 114 cm³/mol. The molecule has 3 heterocycles. The van der Waals surface area contributed by atoms with E-state index in [0.717, 1.165) is 59.8 Å². The highest BCUT2D eigenvalue weighted by molar-refractivity contribution is 5.78. The van der Waals surface area contributed by atoms with E-state index in [9.17, 15) is 4.79 Å². The summed E-state index contributed by atoms with van der Waals surface area (Å²) in [5.74, 6) is 0.723. The second kappa shape index (κ2) is 7.63. The quantitative estimate of drug-likeness (QED) is 0.611. The van der Waals surface area contributed by atoms with Crippen molar-refractivity contribution in [1.82, 2.24) is 9.47 Å². The number of likely N-dealkylation sites (tertiary alicyclic amines) is 1. The van der Waals surface area contributed by atoms with Crippen molar-refractivity contribution in [3.63, 3.8) is 0 Å². The van der Waals surface area contributed by atoms with Gasteiger partial charge >= 0.3 is 0 Å². The molecule has 0 bridgehead atoms. The fourth-order valence-electron chi connectivity index (χ4n) is 4.58. The minimum absolute atomic E-state index is 0.180. The maximum atomic E-state index is 15.1. The van der Waals surface area contributed by atoms with E-state index >= 15 is 4.39 Å². The molecule has 2 aliphatic rings. The van der Waals surface area contributed by atoms with Gasteiger partial charge in [0.2, 0.25) is 5.91 Å². The van der Waals surface area contributed by atoms with E-state index in [2.05, 4.69) is 6.07 Å². The Bertz CT molecular complexity index is 1110. The fraction of sp³-hybridized carbons (Fsp3) is 0.320. The van der Waals surface area contributed by atoms with E-state index in [1.807, 2.05) is 52.8 Å². The molecule has 0 atom stereocenters. The molecular formula is C25H25FN2O2. The topological polar surface area (TPSA) is 34.5 Å². The molecule has 5 heteroatoms. The number of halogens is 1. The Morgan fingerprint density at radius 2 is 1.90 bits per heavy atom. The summed E-state index contributed by atoms with van der Waals surface area (Å²) in [6, 6.07) is 15.3. The molecule has 0 N–H and O–H groups in total. The first-order chi connectivity index (χ1) is 14.6. The van der Waals surface area contributed by atoms with Gasteiger partial charge in [0.1, 0.15) is 18.2 Å². The van der Waals surface area contributed by atoms with Crippen molar-refractivity contribution >= 4 is 5.91 Å². The first kappa shape index (κ1) is 18.9. The number of amides is 1. The summed E-state index contributed by atoms with van der Waals surface area (Å²) in [5, 5.41) is 0. The molecule has 4 nitrogen and oxygen atoms in total. The third-order valence-electron chi connectivity index (χ3n) is 6.08. The molecule has 5 rings (SSSR count). The van der Waals surface area contributed by atoms with E-state index in [4.69, 9.17) is 4.74 Å². The SMILES string of the molecule is Cc1ccc(-n2c(CCC(=O)N3CCCC3)cc3c2-c2ccccc2OC3)c(F)c1. The molecule has 1 aromatic heterocycles. The second-order valence-electron chi connectivity index (χ2n) is 8.17. The molecule has 0 spiro atoms. The van der Waals surface area contributed by atoms with Crippen molar-refractivity contribution in [3.05, 3.63) is 71.2 Å². The predicted octanol–water partition coefficient (Wildman–Crippen LogP) is 5.04. The number of hydrogen-bond donors (Lipinski definition) is 0. The average molecular weight is 404 g/mol. The van der Waals surface area contributed by atoms with Crippen LogP contribution in [0.2, 0.25) is 0 Å². The highest BCUT2D eigenvalue weighted by Gasteiger charge is 2.26. The first-order valence-electron chi connectivity index (χ1n) is 10.6. The van der Waals surface area contributed by atoms with Gasteiger partial charge in [0, 0.05) is 36.3 Å². The van der Waals surface area contributed by atoms with Crippen molar-refractivity contribution in [3.8, 4) is 22.7 Å². The van der Waals surface area contributed by atoms with E-state index in [0.29, 0.717) is 25.1 Å². The molecular weight excluding hydrogens is 379 g/mol. The molecule has 2 aliphatic heterocycles. The Hall–Kier alpha value is -3.08. The van der Waals surface area contributed by atoms with Gasteiger partial charge in [0.25, 0.3) is 0 Å². The summed E-state index contributed by atoms with van der Waals surface area (Å²) >= 11 is 0. The van der Waals surface area contributed by atoms with E-state index in [-0.39, 0.29) is 11.7 Å². The summed E-state index contributed by atoms with van der Waals surface area (Å²) in [7, 11) is 0. The number of benzene rings is 2. The van der Waals surface area contributed by atoms with Gasteiger partial charge in [-0.25, -0.2) is 4.39 Å². The maximum Gasteiger partial charge on any atom is 0.222 e. The molecule has 0 aliphatic carbocycles. The van der Waals surface area contributed by atoms with Gasteiger partial charge < -0.3 is 14.2 Å². The summed E-state index contributed by atoms with van der Waals surface area (Å²) in [4.78, 5) is 14.6. The maximum absolute atomic E-state index is 15.1. The minimum Gasteiger partial charge on any atom is -0.488 e. The standard InChI is InChI=1S/C25H25FN2O2/c1-17-8-10-22(21(26)14-17)28-19(9-11-24(29)27-12-4-5-13-27)15-18-16-30-23-7-3-2-6-20(23)25(18)28/h2-3,6-8,10,14-15H,4-5,9,11-13,16H2,1H3. The number of hydrogen-bond acceptors (Lipinski definition) is 2. The van der Waals surface area contributed by atoms with Gasteiger partial charge in [-0.1, -0.05) is 18.2 Å². The van der Waals surface area contributed by atoms with Crippen LogP contribution in [0.1, 0.15) is 36.1 Å². The molecule has 1 amide bonds. The third-order valence-corrected chi connectivity index (χ3v) is 6.08. The Labute approximate surface area is 175 Å². The number of para-hydroxylation sites is 1. The highest BCUT2D eigenvalue weighted by Crippen LogP contribution is 2.41. The second-order valence-corrected chi connectivity index (χ2v) is 8.17. The lowest BCUT2D eigenvalue weighted by Gasteiger charge is -2.22. The van der Waals surface area contributed by atoms with Gasteiger partial charge in [-0.05, 0) is 62.1 Å². The van der Waals surface area contributed by atoms with Crippen LogP contribution in [0, 0.1) is 12.7 Å². The van der Waals surface area contributed by atoms with Gasteiger partial charge in [-0.3, -0.25) is 4.79 Å². The number of rotatable bonds is 4. The van der Waals surface area contributed by atoms with E-state index in [1.54, 1.807) is 6.07 Å². The summed E-state index contributed by atoms with van der Waals surface area (Å²) < 4.78 is 23.0. The number of carbonyl (C=O) groups excluding carboxylic acids is 1. The van der Waals surface area contributed by atoms with Gasteiger partial charge in [0.15, 0.2) is 0 Å². The van der Waals surface area contributed by atoms with Crippen LogP contribution >= 0.6 is 0 Å². The highest BCUT2D eigenvalue weighted by atomic mass is 19.1. The normalized spacial score (nSPS) is 14.9. The number of nitrogens with zero attached hydrogens (tertiary/aromatic N) is 2. The first-order valence-corrected chi connectivity index (χ1v) is 10.6. The summed E-state index contributed by atoms with van der Waals surface area (Å²) in [6.07, 6.45) is 3.16. The third kappa shape index (κ3) is 3.28. The zero-order valence-corrected chi connectivity index (χ0v) is 17.2. The van der Waals surface area contributed by atoms with Crippen LogP contribution in [0.15, 0.2) is 48.5 Å². The van der Waals surface area contributed by atoms with Crippen molar-refractivity contribution < 1.29 is 13.9 Å². The van der Waals surface area contributed by atoms with Gasteiger partial charge in [-0.2, -0.15) is 0 Å². The Kier molecular flexibility index (Phi) is 4.81. The molecule has 0 radical (unpaired) electrons. The van der Waals surface area contributed by atoms with Crippen LogP contribution in [0.5, 0.6) is 5.75 Å². The fourth-order valence-corrected chi connectivity index (χ4v) is 4.58.